The molecule has 1 atom stereocenters. The summed E-state index contributed by atoms with van der Waals surface area (Å²) < 4.78 is 11.2. The van der Waals surface area contributed by atoms with Gasteiger partial charge in [-0.25, -0.2) is 4.79 Å². The van der Waals surface area contributed by atoms with E-state index in [1.54, 1.807) is 0 Å². The number of anilines is 1. The Kier molecular flexibility index (Phi) is 6.16. The van der Waals surface area contributed by atoms with Gasteiger partial charge in [0, 0.05) is 43.5 Å². The first-order valence-corrected chi connectivity index (χ1v) is 8.92. The topological polar surface area (TPSA) is 68.0 Å². The number of nitrogens with zero attached hydrogens (tertiary/aromatic N) is 2. The highest BCUT2D eigenvalue weighted by atomic mass is 16.6. The average molecular weight is 349 g/mol. The molecule has 0 aromatic heterocycles. The molecule has 0 bridgehead atoms. The van der Waals surface area contributed by atoms with Crippen molar-refractivity contribution >= 4 is 11.8 Å². The van der Waals surface area contributed by atoms with Crippen LogP contribution in [0.5, 0.6) is 5.75 Å². The second kappa shape index (κ2) is 7.95. The third-order valence-electron chi connectivity index (χ3n) is 4.12. The first-order valence-electron chi connectivity index (χ1n) is 8.92. The standard InChI is InChI=1S/C19H31N3O3/c1-6-24-17-8-7-16(20)11-15(17)13-21-9-10-22(14(2)12-21)18(23)25-19(3,4)5/h7-8,11,14H,6,9-10,12-13,20H2,1-5H3/t14-/m0/s1. The van der Waals surface area contributed by atoms with Gasteiger partial charge < -0.3 is 20.1 Å². The lowest BCUT2D eigenvalue weighted by Gasteiger charge is -2.40. The van der Waals surface area contributed by atoms with Crippen LogP contribution in [0.4, 0.5) is 10.5 Å². The molecular weight excluding hydrogens is 318 g/mol. The normalized spacial score (nSPS) is 18.9. The highest BCUT2D eigenvalue weighted by Crippen LogP contribution is 2.25. The molecule has 2 rings (SSSR count). The van der Waals surface area contributed by atoms with Gasteiger partial charge in [0.05, 0.1) is 6.61 Å². The smallest absolute Gasteiger partial charge is 0.410 e. The minimum absolute atomic E-state index is 0.0974. The Bertz CT molecular complexity index is 598. The van der Waals surface area contributed by atoms with Crippen LogP contribution in [0.1, 0.15) is 40.2 Å². The van der Waals surface area contributed by atoms with Gasteiger partial charge in [-0.2, -0.15) is 0 Å². The van der Waals surface area contributed by atoms with Gasteiger partial charge >= 0.3 is 6.09 Å². The third kappa shape index (κ3) is 5.53. The Morgan fingerprint density at radius 2 is 2.04 bits per heavy atom. The molecule has 1 saturated heterocycles. The van der Waals surface area contributed by atoms with Crippen LogP contribution in [-0.2, 0) is 11.3 Å². The fourth-order valence-corrected chi connectivity index (χ4v) is 3.03. The molecule has 0 radical (unpaired) electrons. The third-order valence-corrected chi connectivity index (χ3v) is 4.12. The number of amides is 1. The summed E-state index contributed by atoms with van der Waals surface area (Å²) in [6.07, 6.45) is -0.237. The molecule has 0 saturated carbocycles. The molecule has 1 aromatic rings. The Morgan fingerprint density at radius 3 is 2.64 bits per heavy atom. The van der Waals surface area contributed by atoms with Crippen LogP contribution in [0.25, 0.3) is 0 Å². The van der Waals surface area contributed by atoms with Crippen molar-refractivity contribution in [2.45, 2.75) is 52.8 Å². The molecule has 0 spiro atoms. The zero-order valence-electron chi connectivity index (χ0n) is 16.0. The molecule has 6 heteroatoms. The maximum atomic E-state index is 12.3. The van der Waals surface area contributed by atoms with Crippen LogP contribution >= 0.6 is 0 Å². The summed E-state index contributed by atoms with van der Waals surface area (Å²) in [5, 5.41) is 0. The Labute approximate surface area is 150 Å². The van der Waals surface area contributed by atoms with E-state index in [1.807, 2.05) is 50.8 Å². The van der Waals surface area contributed by atoms with E-state index in [4.69, 9.17) is 15.2 Å². The van der Waals surface area contributed by atoms with Gasteiger partial charge in [-0.15, -0.1) is 0 Å². The molecule has 2 N–H and O–H groups in total. The van der Waals surface area contributed by atoms with Gasteiger partial charge in [0.1, 0.15) is 11.4 Å². The summed E-state index contributed by atoms with van der Waals surface area (Å²) in [6, 6.07) is 5.85. The predicted octanol–water partition coefficient (Wildman–Crippen LogP) is 3.11. The van der Waals surface area contributed by atoms with Gasteiger partial charge in [0.2, 0.25) is 0 Å². The minimum atomic E-state index is -0.470. The van der Waals surface area contributed by atoms with E-state index in [9.17, 15) is 4.79 Å². The monoisotopic (exact) mass is 349 g/mol. The first kappa shape index (κ1) is 19.4. The number of hydrogen-bond donors (Lipinski definition) is 1. The highest BCUT2D eigenvalue weighted by Gasteiger charge is 2.31. The number of benzene rings is 1. The van der Waals surface area contributed by atoms with Gasteiger partial charge in [0.15, 0.2) is 0 Å². The van der Waals surface area contributed by atoms with Crippen molar-refractivity contribution < 1.29 is 14.3 Å². The number of piperazine rings is 1. The largest absolute Gasteiger partial charge is 0.494 e. The molecule has 1 fully saturated rings. The summed E-state index contributed by atoms with van der Waals surface area (Å²) in [7, 11) is 0. The molecule has 1 aromatic carbocycles. The fourth-order valence-electron chi connectivity index (χ4n) is 3.03. The second-order valence-corrected chi connectivity index (χ2v) is 7.56. The maximum Gasteiger partial charge on any atom is 0.410 e. The summed E-state index contributed by atoms with van der Waals surface area (Å²) in [4.78, 5) is 16.5. The molecule has 1 aliphatic heterocycles. The van der Waals surface area contributed by atoms with Crippen molar-refractivity contribution in [3.63, 3.8) is 0 Å². The molecule has 0 aliphatic carbocycles. The number of nitrogen functional groups attached to an aromatic ring is 1. The molecule has 1 heterocycles. The quantitative estimate of drug-likeness (QED) is 0.846. The van der Waals surface area contributed by atoms with Gasteiger partial charge in [-0.05, 0) is 52.8 Å². The lowest BCUT2D eigenvalue weighted by molar-refractivity contribution is 0.000469. The van der Waals surface area contributed by atoms with E-state index < -0.39 is 5.60 Å². The van der Waals surface area contributed by atoms with E-state index >= 15 is 0 Å². The van der Waals surface area contributed by atoms with Crippen molar-refractivity contribution in [1.29, 1.82) is 0 Å². The molecule has 1 amide bonds. The van der Waals surface area contributed by atoms with Crippen molar-refractivity contribution in [3.05, 3.63) is 23.8 Å². The van der Waals surface area contributed by atoms with E-state index in [2.05, 4.69) is 11.8 Å². The molecule has 25 heavy (non-hydrogen) atoms. The molecule has 0 unspecified atom stereocenters. The maximum absolute atomic E-state index is 12.3. The van der Waals surface area contributed by atoms with Crippen LogP contribution in [0.3, 0.4) is 0 Å². The van der Waals surface area contributed by atoms with Crippen LogP contribution in [0, 0.1) is 0 Å². The SMILES string of the molecule is CCOc1ccc(N)cc1CN1CCN(C(=O)OC(C)(C)C)[C@@H](C)C1. The summed E-state index contributed by atoms with van der Waals surface area (Å²) >= 11 is 0. The summed E-state index contributed by atoms with van der Waals surface area (Å²) in [6.45, 7) is 13.3. The van der Waals surface area contributed by atoms with Gasteiger partial charge in [-0.1, -0.05) is 0 Å². The van der Waals surface area contributed by atoms with Crippen LogP contribution in [0.2, 0.25) is 0 Å². The van der Waals surface area contributed by atoms with E-state index in [-0.39, 0.29) is 12.1 Å². The number of carbonyl (C=O) groups is 1. The van der Waals surface area contributed by atoms with Crippen LogP contribution in [0.15, 0.2) is 18.2 Å². The molecule has 6 nitrogen and oxygen atoms in total. The van der Waals surface area contributed by atoms with E-state index in [1.165, 1.54) is 0 Å². The zero-order valence-corrected chi connectivity index (χ0v) is 16.0. The Balaban J connectivity index is 1.99. The summed E-state index contributed by atoms with van der Waals surface area (Å²) in [5.74, 6) is 0.874. The molecule has 140 valence electrons. The van der Waals surface area contributed by atoms with Gasteiger partial charge in [0.25, 0.3) is 0 Å². The van der Waals surface area contributed by atoms with Crippen molar-refractivity contribution in [2.75, 3.05) is 32.0 Å². The average Bonchev–Trinajstić information content (AvgIpc) is 2.48. The lowest BCUT2D eigenvalue weighted by atomic mass is 10.1. The zero-order chi connectivity index (χ0) is 18.6. The first-order chi connectivity index (χ1) is 11.7. The fraction of sp³-hybridized carbons (Fsp3) is 0.632. The number of carbonyl (C=O) groups excluding carboxylic acids is 1. The molecular formula is C19H31N3O3. The predicted molar refractivity (Wildman–Crippen MR) is 99.7 cm³/mol. The van der Waals surface area contributed by atoms with Crippen LogP contribution in [-0.4, -0.2) is 53.8 Å². The van der Waals surface area contributed by atoms with Crippen molar-refractivity contribution in [2.24, 2.45) is 0 Å². The van der Waals surface area contributed by atoms with Crippen LogP contribution < -0.4 is 10.5 Å². The molecule has 1 aliphatic rings. The van der Waals surface area contributed by atoms with Crippen molar-refractivity contribution in [1.82, 2.24) is 9.80 Å². The Morgan fingerprint density at radius 1 is 1.32 bits per heavy atom. The Hall–Kier alpha value is -1.95. The number of rotatable bonds is 4. The lowest BCUT2D eigenvalue weighted by Crippen LogP contribution is -2.54. The van der Waals surface area contributed by atoms with E-state index in [0.717, 1.165) is 36.6 Å². The van der Waals surface area contributed by atoms with Crippen molar-refractivity contribution in [3.8, 4) is 5.75 Å². The minimum Gasteiger partial charge on any atom is -0.494 e. The summed E-state index contributed by atoms with van der Waals surface area (Å²) in [5.41, 5.74) is 7.28. The van der Waals surface area contributed by atoms with Gasteiger partial charge in [-0.3, -0.25) is 4.90 Å². The highest BCUT2D eigenvalue weighted by molar-refractivity contribution is 5.68. The van der Waals surface area contributed by atoms with E-state index in [0.29, 0.717) is 13.2 Å². The number of ether oxygens (including phenoxy) is 2. The second-order valence-electron chi connectivity index (χ2n) is 7.56. The number of nitrogens with two attached hydrogens (primary N) is 1. The number of hydrogen-bond acceptors (Lipinski definition) is 5.